The zero-order chi connectivity index (χ0) is 61.3. The number of aliphatic hydroxyl groups excluding tert-OH is 15. The third-order valence-corrected chi connectivity index (χ3v) is 22.4. The maximum absolute atomic E-state index is 15.4. The molecule has 16 N–H and O–H groups in total. The van der Waals surface area contributed by atoms with Gasteiger partial charge in [0.05, 0.1) is 69.5 Å². The zero-order valence-electron chi connectivity index (χ0n) is 48.6. The molecule has 9 fully saturated rings. The fourth-order valence-electron chi connectivity index (χ4n) is 17.5. The van der Waals surface area contributed by atoms with Crippen molar-refractivity contribution < 1.29 is 134 Å². The smallest absolute Gasteiger partial charge is 0.315 e. The number of hydrogen-bond donors (Lipinski definition) is 16. The summed E-state index contributed by atoms with van der Waals surface area (Å²) in [7, 11) is 0. The monoisotopic (exact) mass is 1210 g/mol. The average molecular weight is 1210 g/mol. The first kappa shape index (κ1) is 65.2. The Balaban J connectivity index is 0.854. The number of carbonyl (C=O) groups is 1. The molecule has 0 aromatic heterocycles. The lowest BCUT2D eigenvalue weighted by Crippen LogP contribution is -2.72. The van der Waals surface area contributed by atoms with Crippen molar-refractivity contribution in [1.29, 1.82) is 0 Å². The van der Waals surface area contributed by atoms with Crippen LogP contribution in [0.3, 0.4) is 0 Å². The average Bonchev–Trinajstić information content (AvgIpc) is 0.752. The third-order valence-electron chi connectivity index (χ3n) is 22.4. The highest BCUT2D eigenvalue weighted by molar-refractivity contribution is 5.79. The van der Waals surface area contributed by atoms with Crippen molar-refractivity contribution in [2.75, 3.05) is 39.6 Å². The molecule has 5 heterocycles. The fraction of sp³-hybridized carbons (Fsp3) is 0.947. The molecule has 0 aromatic rings. The quantitative estimate of drug-likeness (QED) is 0.0471. The molecular formula is C57H92O27. The Bertz CT molecular complexity index is 2370. The van der Waals surface area contributed by atoms with Gasteiger partial charge in [0.1, 0.15) is 85.0 Å². The van der Waals surface area contributed by atoms with Gasteiger partial charge in [-0.3, -0.25) is 4.79 Å². The summed E-state index contributed by atoms with van der Waals surface area (Å²) in [6.45, 7) is 10.2. The van der Waals surface area contributed by atoms with Gasteiger partial charge in [0.2, 0.25) is 6.29 Å². The lowest BCUT2D eigenvalue weighted by molar-refractivity contribution is -0.372. The van der Waals surface area contributed by atoms with E-state index < -0.39 is 231 Å². The van der Waals surface area contributed by atoms with E-state index in [0.29, 0.717) is 38.5 Å². The maximum atomic E-state index is 15.4. The number of ether oxygens (including phenoxy) is 10. The zero-order valence-corrected chi connectivity index (χ0v) is 48.6. The topological polar surface area (TPSA) is 433 Å². The molecule has 0 spiro atoms. The van der Waals surface area contributed by atoms with Crippen LogP contribution >= 0.6 is 0 Å². The van der Waals surface area contributed by atoms with E-state index in [9.17, 15) is 81.7 Å². The summed E-state index contributed by atoms with van der Waals surface area (Å²) < 4.78 is 58.7. The van der Waals surface area contributed by atoms with Gasteiger partial charge in [-0.25, -0.2) is 0 Å². The summed E-state index contributed by atoms with van der Waals surface area (Å²) in [5, 5.41) is 176. The Hall–Kier alpha value is -1.79. The number of rotatable bonds is 13. The molecule has 0 unspecified atom stereocenters. The minimum atomic E-state index is -2.07. The molecule has 84 heavy (non-hydrogen) atoms. The summed E-state index contributed by atoms with van der Waals surface area (Å²) in [6, 6.07) is 0. The second kappa shape index (κ2) is 23.5. The van der Waals surface area contributed by atoms with Crippen molar-refractivity contribution in [2.24, 2.45) is 50.2 Å². The van der Waals surface area contributed by atoms with Crippen molar-refractivity contribution in [2.45, 2.75) is 247 Å². The van der Waals surface area contributed by atoms with Gasteiger partial charge in [-0.2, -0.15) is 0 Å². The first-order valence-corrected chi connectivity index (χ1v) is 29.7. The SMILES string of the molecule is C[C@@H]1O[C@@H](O[C@H]2[C@H](OC(=O)[C@]34CCC(C)(C)C[C@H]3C3=CC[C@@H]5[C@@]6(C)C[C@H](O)[C@H](O[C@@H]7O[C@H](CO)[C@@H](O)[C@H](O)[C@H]7O)[C@@](C)(CO)[C@@H]6[C@H](O)C[C@@]5(C)[C@]3(C)CC4)OC[C@H](O)[C@@H]2O)[C@H](O)[C@H](O)[C@H]1O[C@@H]1OC[C@@H](O)[C@H](O[C@@H]2OC[C@](O)(CO)[C@H]2O)[C@H]1O. The molecule has 5 aliphatic heterocycles. The van der Waals surface area contributed by atoms with Gasteiger partial charge in [0.25, 0.3) is 0 Å². The molecule has 4 saturated carbocycles. The Morgan fingerprint density at radius 1 is 0.595 bits per heavy atom. The van der Waals surface area contributed by atoms with E-state index in [1.54, 1.807) is 6.92 Å². The second-order valence-corrected chi connectivity index (χ2v) is 28.0. The minimum absolute atomic E-state index is 0.103. The number of aliphatic hydroxyl groups is 16. The van der Waals surface area contributed by atoms with Crippen molar-refractivity contribution in [3.8, 4) is 0 Å². The van der Waals surface area contributed by atoms with Gasteiger partial charge in [-0.1, -0.05) is 53.2 Å². The van der Waals surface area contributed by atoms with Crippen molar-refractivity contribution in [1.82, 2.24) is 0 Å². The Morgan fingerprint density at radius 2 is 1.23 bits per heavy atom. The van der Waals surface area contributed by atoms with E-state index in [1.807, 2.05) is 6.92 Å². The number of allylic oxidation sites excluding steroid dienone is 2. The lowest BCUT2D eigenvalue weighted by Gasteiger charge is -2.72. The van der Waals surface area contributed by atoms with Crippen LogP contribution in [-0.2, 0) is 52.2 Å². The summed E-state index contributed by atoms with van der Waals surface area (Å²) >= 11 is 0. The molecule has 5 saturated heterocycles. The standard InChI is InChI=1S/C57H92O27/c1-23-39(80-45-38(71)40(29(64)19-75-45)81-49-43(72)57(74,21-60)22-77-49)35(68)37(70)46(78-23)82-41-32(65)28(63)18-76-48(41)84-50(73)56-12-10-51(2,3)14-25(56)24-8-9-31-52(4)15-27(62)44(83-47-36(69)34(67)33(66)30(17-58)79-47)53(5,20-59)42(52)26(61)16-55(31,7)54(24,6)11-13-56/h8,23,25-49,58-72,74H,9-22H2,1-7H3/t23-,25-,26+,27-,28-,29+,30+,31+,32-,33+,34-,35-,36+,37+,38+,39-,40-,41+,42+,43-,44-,45-,46-,47-,48-,49-,52+,53-,54+,55+,56-,57+/m0/s1. The number of hydrogen-bond acceptors (Lipinski definition) is 27. The van der Waals surface area contributed by atoms with E-state index >= 15 is 4.79 Å². The van der Waals surface area contributed by atoms with Gasteiger partial charge < -0.3 is 129 Å². The Kier molecular flexibility index (Phi) is 18.2. The van der Waals surface area contributed by atoms with E-state index in [1.165, 1.54) is 6.92 Å². The van der Waals surface area contributed by atoms with Crippen LogP contribution < -0.4 is 0 Å². The molecule has 10 aliphatic rings. The highest BCUT2D eigenvalue weighted by Crippen LogP contribution is 2.76. The number of carbonyl (C=O) groups excluding carboxylic acids is 1. The van der Waals surface area contributed by atoms with Gasteiger partial charge in [0, 0.05) is 11.3 Å². The molecule has 482 valence electrons. The molecule has 0 radical (unpaired) electrons. The van der Waals surface area contributed by atoms with Gasteiger partial charge >= 0.3 is 5.97 Å². The molecule has 27 nitrogen and oxygen atoms in total. The molecule has 0 amide bonds. The van der Waals surface area contributed by atoms with E-state index in [2.05, 4.69) is 33.8 Å². The molecule has 27 heteroatoms. The molecule has 32 atom stereocenters. The molecular weight excluding hydrogens is 1120 g/mol. The van der Waals surface area contributed by atoms with E-state index in [4.69, 9.17) is 47.4 Å². The van der Waals surface area contributed by atoms with Crippen molar-refractivity contribution in [3.05, 3.63) is 11.6 Å². The summed E-state index contributed by atoms with van der Waals surface area (Å²) in [4.78, 5) is 15.4. The number of esters is 1. The Labute approximate surface area is 486 Å². The van der Waals surface area contributed by atoms with Crippen LogP contribution in [0.15, 0.2) is 11.6 Å². The van der Waals surface area contributed by atoms with Crippen LogP contribution in [0.4, 0.5) is 0 Å². The van der Waals surface area contributed by atoms with Gasteiger partial charge in [0.15, 0.2) is 31.3 Å². The van der Waals surface area contributed by atoms with Crippen LogP contribution in [0.1, 0.15) is 99.8 Å². The van der Waals surface area contributed by atoms with Crippen LogP contribution in [0.2, 0.25) is 0 Å². The normalized spacial score (nSPS) is 55.6. The van der Waals surface area contributed by atoms with Gasteiger partial charge in [-0.05, 0) is 91.8 Å². The molecule has 0 bridgehead atoms. The first-order valence-electron chi connectivity index (χ1n) is 29.7. The predicted octanol–water partition coefficient (Wildman–Crippen LogP) is -4.35. The van der Waals surface area contributed by atoms with Crippen molar-refractivity contribution in [3.63, 3.8) is 0 Å². The Morgan fingerprint density at radius 3 is 1.89 bits per heavy atom. The van der Waals surface area contributed by atoms with Crippen LogP contribution in [0.25, 0.3) is 0 Å². The molecule has 0 aromatic carbocycles. The first-order chi connectivity index (χ1) is 39.3. The van der Waals surface area contributed by atoms with Crippen LogP contribution in [0.5, 0.6) is 0 Å². The van der Waals surface area contributed by atoms with Crippen molar-refractivity contribution >= 4 is 5.97 Å². The van der Waals surface area contributed by atoms with Crippen LogP contribution in [-0.4, -0.2) is 274 Å². The molecule has 5 aliphatic carbocycles. The fourth-order valence-corrected chi connectivity index (χ4v) is 17.5. The van der Waals surface area contributed by atoms with Gasteiger partial charge in [-0.15, -0.1) is 0 Å². The lowest BCUT2D eigenvalue weighted by atomic mass is 9.33. The predicted molar refractivity (Wildman–Crippen MR) is 280 cm³/mol. The highest BCUT2D eigenvalue weighted by atomic mass is 16.8. The largest absolute Gasteiger partial charge is 0.432 e. The molecule has 10 rings (SSSR count). The second-order valence-electron chi connectivity index (χ2n) is 28.0. The number of fused-ring (bicyclic) bond motifs is 7. The summed E-state index contributed by atoms with van der Waals surface area (Å²) in [5.41, 5.74) is -5.91. The van der Waals surface area contributed by atoms with E-state index in [-0.39, 0.29) is 24.2 Å². The van der Waals surface area contributed by atoms with Crippen LogP contribution in [0, 0.1) is 50.2 Å². The summed E-state index contributed by atoms with van der Waals surface area (Å²) in [6.07, 6.45) is -30.9. The highest BCUT2D eigenvalue weighted by Gasteiger charge is 2.73. The minimum Gasteiger partial charge on any atom is -0.432 e. The summed E-state index contributed by atoms with van der Waals surface area (Å²) in [5.74, 6) is -1.91. The third kappa shape index (κ3) is 10.5. The maximum Gasteiger partial charge on any atom is 0.315 e. The van der Waals surface area contributed by atoms with E-state index in [0.717, 1.165) is 5.57 Å².